The van der Waals surface area contributed by atoms with Crippen LogP contribution in [0.4, 0.5) is 4.39 Å². The molecule has 1 aromatic heterocycles. The van der Waals surface area contributed by atoms with Crippen molar-refractivity contribution in [3.05, 3.63) is 35.3 Å². The monoisotopic (exact) mass is 219 g/mol. The van der Waals surface area contributed by atoms with E-state index in [1.54, 1.807) is 6.07 Å². The Morgan fingerprint density at radius 2 is 2.06 bits per heavy atom. The van der Waals surface area contributed by atoms with Crippen LogP contribution < -0.4 is 0 Å². The molecule has 0 saturated carbocycles. The van der Waals surface area contributed by atoms with Gasteiger partial charge in [-0.3, -0.25) is 4.79 Å². The van der Waals surface area contributed by atoms with E-state index < -0.39 is 0 Å². The van der Waals surface area contributed by atoms with Crippen molar-refractivity contribution < 1.29 is 9.18 Å². The zero-order chi connectivity index (χ0) is 11.9. The number of carbonyl (C=O) groups excluding carboxylic acids is 1. The van der Waals surface area contributed by atoms with Crippen molar-refractivity contribution in [3.63, 3.8) is 0 Å². The normalized spacial score (nSPS) is 11.3. The molecule has 0 N–H and O–H groups in total. The van der Waals surface area contributed by atoms with Crippen LogP contribution in [0.5, 0.6) is 0 Å². The van der Waals surface area contributed by atoms with Gasteiger partial charge < -0.3 is 4.57 Å². The molecule has 3 heteroatoms. The van der Waals surface area contributed by atoms with E-state index in [2.05, 4.69) is 0 Å². The maximum absolute atomic E-state index is 13.2. The molecule has 0 amide bonds. The minimum absolute atomic E-state index is 0.182. The molecular weight excluding hydrogens is 205 g/mol. The van der Waals surface area contributed by atoms with Crippen LogP contribution in [-0.4, -0.2) is 10.9 Å². The molecule has 0 aliphatic carbocycles. The van der Waals surface area contributed by atoms with Gasteiger partial charge in [0.2, 0.25) is 0 Å². The Bertz CT molecular complexity index is 555. The Labute approximate surface area is 93.7 Å². The summed E-state index contributed by atoms with van der Waals surface area (Å²) in [6.07, 6.45) is 0.841. The summed E-state index contributed by atoms with van der Waals surface area (Å²) in [6.45, 7) is 5.87. The van der Waals surface area contributed by atoms with Crippen LogP contribution in [0, 0.1) is 12.7 Å². The molecule has 84 valence electrons. The predicted octanol–water partition coefficient (Wildman–Crippen LogP) is 3.48. The third kappa shape index (κ3) is 1.43. The number of hydrogen-bond acceptors (Lipinski definition) is 1. The summed E-state index contributed by atoms with van der Waals surface area (Å²) in [4.78, 5) is 11.1. The molecule has 0 fully saturated rings. The number of aldehydes is 1. The van der Waals surface area contributed by atoms with E-state index in [-0.39, 0.29) is 11.9 Å². The van der Waals surface area contributed by atoms with E-state index >= 15 is 0 Å². The van der Waals surface area contributed by atoms with Crippen molar-refractivity contribution in [2.24, 2.45) is 0 Å². The van der Waals surface area contributed by atoms with E-state index in [1.165, 1.54) is 12.1 Å². The van der Waals surface area contributed by atoms with Crippen molar-refractivity contribution in [1.29, 1.82) is 0 Å². The molecule has 0 radical (unpaired) electrons. The number of nitrogens with zero attached hydrogens (tertiary/aromatic N) is 1. The molecule has 2 nitrogen and oxygen atoms in total. The van der Waals surface area contributed by atoms with Crippen molar-refractivity contribution >= 4 is 17.2 Å². The number of aryl methyl sites for hydroxylation is 1. The topological polar surface area (TPSA) is 22.0 Å². The molecule has 0 atom stereocenters. The van der Waals surface area contributed by atoms with Gasteiger partial charge in [0, 0.05) is 16.9 Å². The van der Waals surface area contributed by atoms with E-state index in [9.17, 15) is 9.18 Å². The molecule has 0 bridgehead atoms. The minimum Gasteiger partial charge on any atom is -0.336 e. The first kappa shape index (κ1) is 10.9. The van der Waals surface area contributed by atoms with Crippen molar-refractivity contribution in [2.45, 2.75) is 26.8 Å². The van der Waals surface area contributed by atoms with Gasteiger partial charge in [-0.1, -0.05) is 0 Å². The van der Waals surface area contributed by atoms with Crippen molar-refractivity contribution in [1.82, 2.24) is 4.57 Å². The van der Waals surface area contributed by atoms with Crippen LogP contribution in [0.25, 0.3) is 10.9 Å². The summed E-state index contributed by atoms with van der Waals surface area (Å²) < 4.78 is 15.1. The number of aromatic nitrogens is 1. The lowest BCUT2D eigenvalue weighted by Crippen LogP contribution is -2.05. The van der Waals surface area contributed by atoms with Crippen LogP contribution in [-0.2, 0) is 0 Å². The molecule has 0 spiro atoms. The highest BCUT2D eigenvalue weighted by molar-refractivity contribution is 5.93. The molecule has 0 unspecified atom stereocenters. The Morgan fingerprint density at radius 1 is 1.38 bits per heavy atom. The van der Waals surface area contributed by atoms with Crippen molar-refractivity contribution in [2.75, 3.05) is 0 Å². The molecule has 16 heavy (non-hydrogen) atoms. The molecule has 1 aromatic carbocycles. The highest BCUT2D eigenvalue weighted by Gasteiger charge is 2.15. The average molecular weight is 219 g/mol. The molecule has 0 aliphatic heterocycles. The molecule has 0 saturated heterocycles. The molecule has 2 aromatic rings. The Kier molecular flexibility index (Phi) is 2.54. The standard InChI is InChI=1S/C13H14FNO/c1-8(2)15-12-5-4-10(14)6-11(12)9(3)13(15)7-16/h4-8H,1-3H3. The number of halogens is 1. The fraction of sp³-hybridized carbons (Fsp3) is 0.308. The number of fused-ring (bicyclic) bond motifs is 1. The summed E-state index contributed by atoms with van der Waals surface area (Å²) >= 11 is 0. The Hall–Kier alpha value is -1.64. The maximum Gasteiger partial charge on any atom is 0.166 e. The van der Waals surface area contributed by atoms with Crippen LogP contribution in [0.3, 0.4) is 0 Å². The summed E-state index contributed by atoms with van der Waals surface area (Å²) in [5.41, 5.74) is 2.39. The van der Waals surface area contributed by atoms with Gasteiger partial charge in [0.1, 0.15) is 5.82 Å². The number of rotatable bonds is 2. The van der Waals surface area contributed by atoms with E-state index in [4.69, 9.17) is 0 Å². The summed E-state index contributed by atoms with van der Waals surface area (Å²) in [6, 6.07) is 4.82. The fourth-order valence-electron chi connectivity index (χ4n) is 2.17. The highest BCUT2D eigenvalue weighted by Crippen LogP contribution is 2.28. The second-order valence-electron chi connectivity index (χ2n) is 4.25. The molecular formula is C13H14FNO. The highest BCUT2D eigenvalue weighted by atomic mass is 19.1. The zero-order valence-corrected chi connectivity index (χ0v) is 9.62. The van der Waals surface area contributed by atoms with Crippen LogP contribution >= 0.6 is 0 Å². The predicted molar refractivity (Wildman–Crippen MR) is 62.4 cm³/mol. The van der Waals surface area contributed by atoms with Crippen LogP contribution in [0.15, 0.2) is 18.2 Å². The molecule has 2 rings (SSSR count). The van der Waals surface area contributed by atoms with Gasteiger partial charge in [0.25, 0.3) is 0 Å². The lowest BCUT2D eigenvalue weighted by molar-refractivity contribution is 0.111. The van der Waals surface area contributed by atoms with E-state index in [0.29, 0.717) is 5.69 Å². The second kappa shape index (κ2) is 3.74. The summed E-state index contributed by atoms with van der Waals surface area (Å²) in [5, 5.41) is 0.816. The van der Waals surface area contributed by atoms with Crippen LogP contribution in [0.2, 0.25) is 0 Å². The van der Waals surface area contributed by atoms with Gasteiger partial charge in [-0.25, -0.2) is 4.39 Å². The fourth-order valence-corrected chi connectivity index (χ4v) is 2.17. The molecule has 0 aliphatic rings. The number of benzene rings is 1. The molecule has 1 heterocycles. The first-order valence-electron chi connectivity index (χ1n) is 5.31. The summed E-state index contributed by atoms with van der Waals surface area (Å²) in [5.74, 6) is -0.269. The number of carbonyl (C=O) groups is 1. The smallest absolute Gasteiger partial charge is 0.166 e. The van der Waals surface area contributed by atoms with Crippen molar-refractivity contribution in [3.8, 4) is 0 Å². The first-order valence-corrected chi connectivity index (χ1v) is 5.31. The van der Waals surface area contributed by atoms with Gasteiger partial charge in [-0.2, -0.15) is 0 Å². The first-order chi connectivity index (χ1) is 7.56. The number of hydrogen-bond donors (Lipinski definition) is 0. The summed E-state index contributed by atoms with van der Waals surface area (Å²) in [7, 11) is 0. The Balaban J connectivity index is 2.91. The van der Waals surface area contributed by atoms with E-state index in [1.807, 2.05) is 25.3 Å². The van der Waals surface area contributed by atoms with Gasteiger partial charge in [0.05, 0.1) is 5.69 Å². The minimum atomic E-state index is -0.269. The lowest BCUT2D eigenvalue weighted by atomic mass is 10.1. The maximum atomic E-state index is 13.2. The van der Waals surface area contributed by atoms with Gasteiger partial charge in [-0.05, 0) is 44.5 Å². The second-order valence-corrected chi connectivity index (χ2v) is 4.25. The average Bonchev–Trinajstić information content (AvgIpc) is 2.51. The van der Waals surface area contributed by atoms with Gasteiger partial charge in [-0.15, -0.1) is 0 Å². The SMILES string of the molecule is Cc1c(C=O)n(C(C)C)c2ccc(F)cc12. The third-order valence-electron chi connectivity index (χ3n) is 2.89. The quantitative estimate of drug-likeness (QED) is 0.709. The Morgan fingerprint density at radius 3 is 2.62 bits per heavy atom. The largest absolute Gasteiger partial charge is 0.336 e. The van der Waals surface area contributed by atoms with Gasteiger partial charge in [0.15, 0.2) is 6.29 Å². The lowest BCUT2D eigenvalue weighted by Gasteiger charge is -2.11. The van der Waals surface area contributed by atoms with Crippen LogP contribution in [0.1, 0.15) is 35.9 Å². The van der Waals surface area contributed by atoms with Gasteiger partial charge >= 0.3 is 0 Å². The zero-order valence-electron chi connectivity index (χ0n) is 9.62. The third-order valence-corrected chi connectivity index (χ3v) is 2.89. The van der Waals surface area contributed by atoms with E-state index in [0.717, 1.165) is 22.8 Å².